The number of carbonyl (C=O) groups excluding carboxylic acids is 2. The standard InChI is InChI=1S/C19H24N2O6/c1-10-17(12(3)22)11(2)20-18(10)19(24)27-9-16(23)21-14-7-6-13(25-4)8-15(14)26-5/h6-8,12,20,22H,9H2,1-5H3,(H,21,23)/t12-/m1/s1. The molecule has 1 aromatic carbocycles. The smallest absolute Gasteiger partial charge is 0.355 e. The number of aliphatic hydroxyl groups excluding tert-OH is 1. The fraction of sp³-hybridized carbons (Fsp3) is 0.368. The molecule has 0 aliphatic rings. The van der Waals surface area contributed by atoms with Crippen LogP contribution in [0.25, 0.3) is 0 Å². The monoisotopic (exact) mass is 376 g/mol. The molecule has 1 heterocycles. The van der Waals surface area contributed by atoms with Gasteiger partial charge in [-0.05, 0) is 38.5 Å². The number of ether oxygens (including phenoxy) is 3. The molecule has 27 heavy (non-hydrogen) atoms. The summed E-state index contributed by atoms with van der Waals surface area (Å²) >= 11 is 0. The Kier molecular flexibility index (Phi) is 6.46. The van der Waals surface area contributed by atoms with E-state index in [4.69, 9.17) is 14.2 Å². The van der Waals surface area contributed by atoms with E-state index in [1.807, 2.05) is 0 Å². The zero-order chi connectivity index (χ0) is 20.1. The molecule has 0 unspecified atom stereocenters. The molecule has 0 radical (unpaired) electrons. The first-order chi connectivity index (χ1) is 12.8. The van der Waals surface area contributed by atoms with Crippen molar-refractivity contribution in [2.75, 3.05) is 26.1 Å². The molecule has 2 aromatic rings. The number of hydrogen-bond donors (Lipinski definition) is 3. The quantitative estimate of drug-likeness (QED) is 0.641. The van der Waals surface area contributed by atoms with Crippen molar-refractivity contribution in [2.45, 2.75) is 26.9 Å². The van der Waals surface area contributed by atoms with Gasteiger partial charge in [0.1, 0.15) is 17.2 Å². The fourth-order valence-electron chi connectivity index (χ4n) is 2.89. The van der Waals surface area contributed by atoms with Gasteiger partial charge in [0.2, 0.25) is 0 Å². The first-order valence-electron chi connectivity index (χ1n) is 8.34. The molecule has 0 fully saturated rings. The topological polar surface area (TPSA) is 110 Å². The average molecular weight is 376 g/mol. The first kappa shape index (κ1) is 20.3. The Balaban J connectivity index is 2.02. The van der Waals surface area contributed by atoms with E-state index in [9.17, 15) is 14.7 Å². The molecule has 8 nitrogen and oxygen atoms in total. The Hall–Kier alpha value is -3.00. The summed E-state index contributed by atoms with van der Waals surface area (Å²) in [4.78, 5) is 27.3. The van der Waals surface area contributed by atoms with Crippen molar-refractivity contribution in [3.8, 4) is 11.5 Å². The number of benzene rings is 1. The van der Waals surface area contributed by atoms with Gasteiger partial charge in [0, 0.05) is 17.3 Å². The zero-order valence-corrected chi connectivity index (χ0v) is 16.0. The van der Waals surface area contributed by atoms with E-state index >= 15 is 0 Å². The summed E-state index contributed by atoms with van der Waals surface area (Å²) in [7, 11) is 3.00. The molecule has 146 valence electrons. The molecular weight excluding hydrogens is 352 g/mol. The van der Waals surface area contributed by atoms with Crippen LogP contribution in [-0.4, -0.2) is 42.8 Å². The van der Waals surface area contributed by atoms with Gasteiger partial charge in [0.05, 0.1) is 26.0 Å². The summed E-state index contributed by atoms with van der Waals surface area (Å²) < 4.78 is 15.4. The lowest BCUT2D eigenvalue weighted by Gasteiger charge is -2.11. The summed E-state index contributed by atoms with van der Waals surface area (Å²) in [5, 5.41) is 12.4. The van der Waals surface area contributed by atoms with Gasteiger partial charge >= 0.3 is 5.97 Å². The van der Waals surface area contributed by atoms with Crippen LogP contribution in [0.4, 0.5) is 5.69 Å². The van der Waals surface area contributed by atoms with Crippen LogP contribution >= 0.6 is 0 Å². The number of amides is 1. The number of esters is 1. The number of H-pyrrole nitrogens is 1. The predicted octanol–water partition coefficient (Wildman–Crippen LogP) is 2.50. The van der Waals surface area contributed by atoms with E-state index in [2.05, 4.69) is 10.3 Å². The Morgan fingerprint density at radius 3 is 2.48 bits per heavy atom. The van der Waals surface area contributed by atoms with Crippen molar-refractivity contribution < 1.29 is 28.9 Å². The largest absolute Gasteiger partial charge is 0.497 e. The van der Waals surface area contributed by atoms with E-state index in [-0.39, 0.29) is 5.69 Å². The van der Waals surface area contributed by atoms with Crippen LogP contribution in [0.3, 0.4) is 0 Å². The maximum atomic E-state index is 12.3. The predicted molar refractivity (Wildman–Crippen MR) is 99.4 cm³/mol. The van der Waals surface area contributed by atoms with Gasteiger partial charge in [-0.25, -0.2) is 4.79 Å². The molecule has 0 saturated heterocycles. The van der Waals surface area contributed by atoms with Crippen LogP contribution in [-0.2, 0) is 9.53 Å². The third-order valence-electron chi connectivity index (χ3n) is 4.13. The third-order valence-corrected chi connectivity index (χ3v) is 4.13. The van der Waals surface area contributed by atoms with E-state index < -0.39 is 24.6 Å². The molecule has 1 amide bonds. The lowest BCUT2D eigenvalue weighted by Crippen LogP contribution is -2.21. The fourth-order valence-corrected chi connectivity index (χ4v) is 2.89. The number of hydrogen-bond acceptors (Lipinski definition) is 6. The SMILES string of the molecule is COc1ccc(NC(=O)COC(=O)c2[nH]c(C)c([C@@H](C)O)c2C)c(OC)c1. The highest BCUT2D eigenvalue weighted by molar-refractivity contribution is 5.96. The van der Waals surface area contributed by atoms with E-state index in [0.717, 1.165) is 0 Å². The number of aryl methyl sites for hydroxylation is 1. The molecule has 0 aliphatic heterocycles. The number of aromatic nitrogens is 1. The van der Waals surface area contributed by atoms with Crippen LogP contribution in [0.1, 0.15) is 40.3 Å². The number of carbonyl (C=O) groups is 2. The minimum atomic E-state index is -0.714. The Bertz CT molecular complexity index is 841. The molecule has 1 aromatic heterocycles. The molecule has 0 saturated carbocycles. The Morgan fingerprint density at radius 1 is 1.22 bits per heavy atom. The highest BCUT2D eigenvalue weighted by Crippen LogP contribution is 2.29. The number of anilines is 1. The summed E-state index contributed by atoms with van der Waals surface area (Å²) in [5.74, 6) is -0.169. The van der Waals surface area contributed by atoms with Crippen molar-refractivity contribution in [3.63, 3.8) is 0 Å². The van der Waals surface area contributed by atoms with Crippen molar-refractivity contribution >= 4 is 17.6 Å². The normalized spacial score (nSPS) is 11.6. The second-order valence-electron chi connectivity index (χ2n) is 6.03. The maximum absolute atomic E-state index is 12.3. The summed E-state index contributed by atoms with van der Waals surface area (Å²) in [5.41, 5.74) is 2.59. The first-order valence-corrected chi connectivity index (χ1v) is 8.34. The van der Waals surface area contributed by atoms with Crippen molar-refractivity contribution in [2.24, 2.45) is 0 Å². The third kappa shape index (κ3) is 4.59. The Labute approximate surface area is 157 Å². The number of methoxy groups -OCH3 is 2. The summed E-state index contributed by atoms with van der Waals surface area (Å²) in [6, 6.07) is 4.93. The second-order valence-corrected chi connectivity index (χ2v) is 6.03. The molecule has 0 spiro atoms. The minimum absolute atomic E-state index is 0.221. The van der Waals surface area contributed by atoms with Crippen LogP contribution in [0, 0.1) is 13.8 Å². The number of rotatable bonds is 7. The second kappa shape index (κ2) is 8.59. The van der Waals surface area contributed by atoms with E-state index in [0.29, 0.717) is 34.0 Å². The molecule has 3 N–H and O–H groups in total. The molecule has 2 rings (SSSR count). The molecular formula is C19H24N2O6. The molecule has 1 atom stereocenters. The van der Waals surface area contributed by atoms with Crippen LogP contribution < -0.4 is 14.8 Å². The van der Waals surface area contributed by atoms with Crippen LogP contribution in [0.5, 0.6) is 11.5 Å². The number of aliphatic hydroxyl groups is 1. The minimum Gasteiger partial charge on any atom is -0.497 e. The zero-order valence-electron chi connectivity index (χ0n) is 16.0. The van der Waals surface area contributed by atoms with E-state index in [1.165, 1.54) is 14.2 Å². The van der Waals surface area contributed by atoms with Gasteiger partial charge in [-0.3, -0.25) is 4.79 Å². The van der Waals surface area contributed by atoms with Crippen LogP contribution in [0.15, 0.2) is 18.2 Å². The summed E-state index contributed by atoms with van der Waals surface area (Å²) in [6.07, 6.45) is -0.714. The molecule has 8 heteroatoms. The summed E-state index contributed by atoms with van der Waals surface area (Å²) in [6.45, 7) is 4.63. The van der Waals surface area contributed by atoms with Crippen molar-refractivity contribution in [1.29, 1.82) is 0 Å². The Morgan fingerprint density at radius 2 is 1.93 bits per heavy atom. The van der Waals surface area contributed by atoms with Gasteiger partial charge in [0.15, 0.2) is 6.61 Å². The van der Waals surface area contributed by atoms with Gasteiger partial charge in [-0.2, -0.15) is 0 Å². The average Bonchev–Trinajstić information content (AvgIpc) is 2.94. The van der Waals surface area contributed by atoms with Crippen molar-refractivity contribution in [3.05, 3.63) is 40.7 Å². The number of aromatic amines is 1. The van der Waals surface area contributed by atoms with Gasteiger partial charge in [0.25, 0.3) is 5.91 Å². The van der Waals surface area contributed by atoms with Crippen LogP contribution in [0.2, 0.25) is 0 Å². The van der Waals surface area contributed by atoms with Gasteiger partial charge in [-0.15, -0.1) is 0 Å². The molecule has 0 aliphatic carbocycles. The van der Waals surface area contributed by atoms with E-state index in [1.54, 1.807) is 39.0 Å². The lowest BCUT2D eigenvalue weighted by atomic mass is 10.1. The molecule has 0 bridgehead atoms. The maximum Gasteiger partial charge on any atom is 0.355 e. The van der Waals surface area contributed by atoms with Crippen molar-refractivity contribution in [1.82, 2.24) is 4.98 Å². The van der Waals surface area contributed by atoms with Gasteiger partial charge in [-0.1, -0.05) is 0 Å². The lowest BCUT2D eigenvalue weighted by molar-refractivity contribution is -0.119. The highest BCUT2D eigenvalue weighted by Gasteiger charge is 2.21. The highest BCUT2D eigenvalue weighted by atomic mass is 16.5. The number of nitrogens with one attached hydrogen (secondary N) is 2. The van der Waals surface area contributed by atoms with Gasteiger partial charge < -0.3 is 29.6 Å².